The molecule has 4 aromatic carbocycles. The second kappa shape index (κ2) is 6.22. The maximum Gasteiger partial charge on any atom is 0.0369 e. The second-order valence-electron chi connectivity index (χ2n) is 7.86. The smallest absolute Gasteiger partial charge is 0.0369 e. The van der Waals surface area contributed by atoms with Crippen LogP contribution in [-0.2, 0) is 25.5 Å². The van der Waals surface area contributed by atoms with Gasteiger partial charge in [0.2, 0.25) is 0 Å². The van der Waals surface area contributed by atoms with Gasteiger partial charge in [0.05, 0.1) is 0 Å². The van der Waals surface area contributed by atoms with Crippen LogP contribution in [0.5, 0.6) is 0 Å². The summed E-state index contributed by atoms with van der Waals surface area (Å²) in [5.74, 6) is 0. The van der Waals surface area contributed by atoms with Crippen LogP contribution in [0.25, 0.3) is 33.2 Å². The molecule has 1 nitrogen and oxygen atoms in total. The predicted molar refractivity (Wildman–Crippen MR) is 117 cm³/mol. The standard InChI is InChI=1S/C28H16N.Ir/c1-4-12-22-19(9-1)20-10-2-5-13-23(20)28(22)24-14-6-3-11-21(24)26-25(28)16-15-18-8-7-17-29-27(18)26;/h1-10,12-17H;/q-1;. The molecule has 0 N–H and O–H groups in total. The summed E-state index contributed by atoms with van der Waals surface area (Å²) in [7, 11) is 0. The molecule has 7 rings (SSSR count). The minimum atomic E-state index is -0.304. The van der Waals surface area contributed by atoms with Crippen molar-refractivity contribution in [1.82, 2.24) is 4.98 Å². The molecule has 2 heteroatoms. The van der Waals surface area contributed by atoms with Crippen LogP contribution in [-0.4, -0.2) is 4.98 Å². The number of aromatic nitrogens is 1. The van der Waals surface area contributed by atoms with Crippen molar-refractivity contribution in [3.8, 4) is 22.3 Å². The van der Waals surface area contributed by atoms with Crippen molar-refractivity contribution in [3.63, 3.8) is 0 Å². The van der Waals surface area contributed by atoms with Crippen molar-refractivity contribution in [2.75, 3.05) is 0 Å². The van der Waals surface area contributed by atoms with Crippen molar-refractivity contribution in [2.45, 2.75) is 5.41 Å². The Kier molecular flexibility index (Phi) is 3.68. The van der Waals surface area contributed by atoms with E-state index in [1.807, 2.05) is 18.3 Å². The number of nitrogens with zero attached hydrogens (tertiary/aromatic N) is 1. The first kappa shape index (κ1) is 17.8. The number of hydrogen-bond donors (Lipinski definition) is 0. The third-order valence-corrected chi connectivity index (χ3v) is 6.64. The molecule has 0 aliphatic heterocycles. The minimum absolute atomic E-state index is 0. The van der Waals surface area contributed by atoms with Gasteiger partial charge in [-0.3, -0.25) is 4.98 Å². The van der Waals surface area contributed by atoms with Gasteiger partial charge in [-0.25, -0.2) is 0 Å². The summed E-state index contributed by atoms with van der Waals surface area (Å²) >= 11 is 0. The van der Waals surface area contributed by atoms with Crippen molar-refractivity contribution in [1.29, 1.82) is 0 Å². The van der Waals surface area contributed by atoms with Gasteiger partial charge in [0.1, 0.15) is 0 Å². The molecule has 0 bridgehead atoms. The second-order valence-corrected chi connectivity index (χ2v) is 7.86. The summed E-state index contributed by atoms with van der Waals surface area (Å²) < 4.78 is 0. The van der Waals surface area contributed by atoms with Gasteiger partial charge < -0.3 is 0 Å². The minimum Gasteiger partial charge on any atom is -0.266 e. The van der Waals surface area contributed by atoms with Crippen molar-refractivity contribution in [2.24, 2.45) is 0 Å². The molecule has 1 heterocycles. The van der Waals surface area contributed by atoms with E-state index in [0.717, 1.165) is 5.52 Å². The first-order valence-electron chi connectivity index (χ1n) is 10.00. The number of pyridine rings is 1. The van der Waals surface area contributed by atoms with E-state index in [9.17, 15) is 0 Å². The molecule has 0 fully saturated rings. The van der Waals surface area contributed by atoms with E-state index >= 15 is 0 Å². The summed E-state index contributed by atoms with van der Waals surface area (Å²) in [5.41, 5.74) is 11.2. The first-order valence-corrected chi connectivity index (χ1v) is 10.00. The molecule has 1 aromatic heterocycles. The van der Waals surface area contributed by atoms with Gasteiger partial charge >= 0.3 is 0 Å². The quantitative estimate of drug-likeness (QED) is 0.197. The molecule has 30 heavy (non-hydrogen) atoms. The van der Waals surface area contributed by atoms with E-state index in [1.54, 1.807) is 0 Å². The zero-order chi connectivity index (χ0) is 19.0. The summed E-state index contributed by atoms with van der Waals surface area (Å²) in [5, 5.41) is 1.17. The van der Waals surface area contributed by atoms with Crippen LogP contribution in [0.1, 0.15) is 22.3 Å². The third kappa shape index (κ3) is 1.94. The van der Waals surface area contributed by atoms with Crippen LogP contribution in [0, 0.1) is 6.07 Å². The van der Waals surface area contributed by atoms with Crippen LogP contribution in [0.15, 0.2) is 97.2 Å². The van der Waals surface area contributed by atoms with Gasteiger partial charge in [0.25, 0.3) is 0 Å². The Balaban J connectivity index is 0.00000175. The molecule has 143 valence electrons. The molecule has 1 radical (unpaired) electrons. The summed E-state index contributed by atoms with van der Waals surface area (Å²) in [6, 6.07) is 36.4. The number of fused-ring (bicyclic) bond motifs is 12. The van der Waals surface area contributed by atoms with Crippen molar-refractivity contribution < 1.29 is 20.1 Å². The Morgan fingerprint density at radius 2 is 1.33 bits per heavy atom. The molecule has 2 aliphatic carbocycles. The van der Waals surface area contributed by atoms with Crippen LogP contribution < -0.4 is 0 Å². The fraction of sp³-hybridized carbons (Fsp3) is 0.0357. The first-order chi connectivity index (χ1) is 14.4. The van der Waals surface area contributed by atoms with E-state index in [-0.39, 0.29) is 25.5 Å². The monoisotopic (exact) mass is 559 g/mol. The van der Waals surface area contributed by atoms with Gasteiger partial charge in [0.15, 0.2) is 0 Å². The van der Waals surface area contributed by atoms with Crippen molar-refractivity contribution in [3.05, 3.63) is 126 Å². The topological polar surface area (TPSA) is 12.9 Å². The Morgan fingerprint density at radius 3 is 2.10 bits per heavy atom. The Hall–Kier alpha value is -3.06. The molecule has 0 saturated carbocycles. The van der Waals surface area contributed by atoms with E-state index in [1.165, 1.54) is 49.9 Å². The normalized spacial score (nSPS) is 14.0. The van der Waals surface area contributed by atoms with E-state index in [4.69, 9.17) is 4.98 Å². The van der Waals surface area contributed by atoms with Gasteiger partial charge in [-0.2, -0.15) is 0 Å². The molecule has 0 unspecified atom stereocenters. The number of benzene rings is 4. The number of rotatable bonds is 0. The molecule has 1 spiro atoms. The van der Waals surface area contributed by atoms with Gasteiger partial charge in [0, 0.05) is 37.2 Å². The maximum atomic E-state index is 4.80. The molecular formula is C28H16IrN-. The largest absolute Gasteiger partial charge is 0.266 e. The van der Waals surface area contributed by atoms with Gasteiger partial charge in [-0.05, 0) is 33.7 Å². The fourth-order valence-corrected chi connectivity index (χ4v) is 5.63. The number of hydrogen-bond acceptors (Lipinski definition) is 1. The average molecular weight is 559 g/mol. The van der Waals surface area contributed by atoms with Gasteiger partial charge in [-0.1, -0.05) is 77.9 Å². The van der Waals surface area contributed by atoms with Crippen LogP contribution in [0.4, 0.5) is 0 Å². The van der Waals surface area contributed by atoms with E-state index < -0.39 is 0 Å². The van der Waals surface area contributed by atoms with Crippen molar-refractivity contribution >= 4 is 10.9 Å². The average Bonchev–Trinajstić information content (AvgIpc) is 3.27. The summed E-state index contributed by atoms with van der Waals surface area (Å²) in [4.78, 5) is 4.80. The van der Waals surface area contributed by atoms with Gasteiger partial charge in [-0.15, -0.1) is 35.4 Å². The van der Waals surface area contributed by atoms with E-state index in [2.05, 4.69) is 84.9 Å². The maximum absolute atomic E-state index is 4.80. The molecule has 0 amide bonds. The van der Waals surface area contributed by atoms with E-state index in [0.29, 0.717) is 0 Å². The van der Waals surface area contributed by atoms with Crippen LogP contribution in [0.2, 0.25) is 0 Å². The zero-order valence-corrected chi connectivity index (χ0v) is 18.4. The molecular weight excluding hydrogens is 543 g/mol. The van der Waals surface area contributed by atoms with Crippen LogP contribution in [0.3, 0.4) is 0 Å². The predicted octanol–water partition coefficient (Wildman–Crippen LogP) is 6.38. The summed E-state index contributed by atoms with van der Waals surface area (Å²) in [6.07, 6.45) is 1.90. The Labute approximate surface area is 188 Å². The molecule has 0 saturated heterocycles. The zero-order valence-electron chi connectivity index (χ0n) is 16.0. The third-order valence-electron chi connectivity index (χ3n) is 6.64. The Morgan fingerprint density at radius 1 is 0.633 bits per heavy atom. The summed E-state index contributed by atoms with van der Waals surface area (Å²) in [6.45, 7) is 0. The van der Waals surface area contributed by atoms with Crippen LogP contribution >= 0.6 is 0 Å². The Bertz CT molecular complexity index is 1420. The molecule has 0 atom stereocenters. The molecule has 2 aliphatic rings. The molecule has 5 aromatic rings. The fourth-order valence-electron chi connectivity index (χ4n) is 5.63. The SMILES string of the molecule is [Ir].[c-]1cccc2c1-c1c(ccc3cccnc13)C21c2ccccc2-c2ccccc21.